The predicted octanol–water partition coefficient (Wildman–Crippen LogP) is 4.55. The van der Waals surface area contributed by atoms with Crippen LogP contribution in [0.3, 0.4) is 0 Å². The third kappa shape index (κ3) is 6.02. The van der Waals surface area contributed by atoms with Crippen LogP contribution in [0.25, 0.3) is 10.2 Å². The Bertz CT molecular complexity index is 1470. The number of benzene rings is 2. The lowest BCUT2D eigenvalue weighted by Gasteiger charge is -2.30. The van der Waals surface area contributed by atoms with Crippen LogP contribution in [0, 0.1) is 5.92 Å². The van der Waals surface area contributed by atoms with Crippen molar-refractivity contribution >= 4 is 43.5 Å². The summed E-state index contributed by atoms with van der Waals surface area (Å²) in [7, 11) is -3.61. The van der Waals surface area contributed by atoms with Gasteiger partial charge in [-0.05, 0) is 73.6 Å². The molecule has 2 aromatic carbocycles. The molecule has 3 aromatic rings. The average molecular weight is 544 g/mol. The van der Waals surface area contributed by atoms with Crippen LogP contribution < -0.4 is 4.80 Å². The molecule has 1 aliphatic heterocycles. The Labute approximate surface area is 221 Å². The summed E-state index contributed by atoms with van der Waals surface area (Å²) in [6.07, 6.45) is 1.86. The van der Waals surface area contributed by atoms with E-state index < -0.39 is 21.9 Å². The fourth-order valence-electron chi connectivity index (χ4n) is 4.46. The zero-order valence-electron chi connectivity index (χ0n) is 21.6. The number of rotatable bonds is 7. The Kier molecular flexibility index (Phi) is 8.30. The van der Waals surface area contributed by atoms with Gasteiger partial charge < -0.3 is 9.30 Å². The normalized spacial score (nSPS) is 17.4. The van der Waals surface area contributed by atoms with Gasteiger partial charge in [0.25, 0.3) is 5.91 Å². The second-order valence-corrected chi connectivity index (χ2v) is 12.7. The first-order valence-corrected chi connectivity index (χ1v) is 14.8. The molecule has 10 heteroatoms. The average Bonchev–Trinajstić information content (AvgIpc) is 3.20. The molecule has 1 atom stereocenters. The van der Waals surface area contributed by atoms with Crippen LogP contribution in [0.2, 0.25) is 0 Å². The third-order valence-corrected chi connectivity index (χ3v) is 9.44. The summed E-state index contributed by atoms with van der Waals surface area (Å²) in [5.41, 5.74) is 2.22. The lowest BCUT2D eigenvalue weighted by Crippen LogP contribution is -2.39. The van der Waals surface area contributed by atoms with Gasteiger partial charge in [0, 0.05) is 18.7 Å². The minimum absolute atomic E-state index is 0.0631. The number of carbonyl (C=O) groups excluding carboxylic acids is 2. The molecule has 1 saturated heterocycles. The van der Waals surface area contributed by atoms with E-state index in [0.29, 0.717) is 29.7 Å². The number of fused-ring (bicyclic) bond motifs is 1. The molecule has 1 amide bonds. The number of ether oxygens (including phenoxy) is 1. The van der Waals surface area contributed by atoms with Gasteiger partial charge in [0.2, 0.25) is 10.0 Å². The van der Waals surface area contributed by atoms with E-state index in [0.717, 1.165) is 28.6 Å². The highest BCUT2D eigenvalue weighted by atomic mass is 32.2. The van der Waals surface area contributed by atoms with Crippen LogP contribution >= 0.6 is 11.3 Å². The molecule has 0 spiro atoms. The predicted molar refractivity (Wildman–Crippen MR) is 144 cm³/mol. The van der Waals surface area contributed by atoms with E-state index in [1.54, 1.807) is 11.5 Å². The van der Waals surface area contributed by atoms with E-state index in [1.165, 1.54) is 39.9 Å². The Balaban J connectivity index is 1.67. The van der Waals surface area contributed by atoms with E-state index in [4.69, 9.17) is 4.74 Å². The maximum atomic E-state index is 13.1. The Hall–Kier alpha value is -2.82. The number of aromatic nitrogens is 1. The van der Waals surface area contributed by atoms with Gasteiger partial charge in [-0.3, -0.25) is 9.59 Å². The summed E-state index contributed by atoms with van der Waals surface area (Å²) in [6, 6.07) is 11.9. The zero-order chi connectivity index (χ0) is 26.7. The van der Waals surface area contributed by atoms with Gasteiger partial charge in [-0.2, -0.15) is 9.30 Å². The van der Waals surface area contributed by atoms with Crippen molar-refractivity contribution < 1.29 is 22.7 Å². The van der Waals surface area contributed by atoms with Crippen molar-refractivity contribution in [2.75, 3.05) is 19.7 Å². The van der Waals surface area contributed by atoms with Gasteiger partial charge in [-0.1, -0.05) is 38.2 Å². The van der Waals surface area contributed by atoms with Crippen LogP contribution in [-0.4, -0.2) is 48.9 Å². The molecular formula is C27H33N3O5S2. The van der Waals surface area contributed by atoms with E-state index in [9.17, 15) is 18.0 Å². The van der Waals surface area contributed by atoms with E-state index >= 15 is 0 Å². The van der Waals surface area contributed by atoms with Crippen LogP contribution in [0.5, 0.6) is 0 Å². The number of carbonyl (C=O) groups is 2. The van der Waals surface area contributed by atoms with Crippen molar-refractivity contribution in [3.63, 3.8) is 0 Å². The number of nitrogens with zero attached hydrogens (tertiary/aromatic N) is 3. The van der Waals surface area contributed by atoms with Gasteiger partial charge in [0.1, 0.15) is 6.54 Å². The van der Waals surface area contributed by atoms with Crippen LogP contribution in [-0.2, 0) is 26.1 Å². The highest BCUT2D eigenvalue weighted by molar-refractivity contribution is 7.89. The summed E-state index contributed by atoms with van der Waals surface area (Å²) < 4.78 is 35.4. The molecule has 8 nitrogen and oxygen atoms in total. The topological polar surface area (TPSA) is 98.0 Å². The molecule has 1 unspecified atom stereocenters. The highest BCUT2D eigenvalue weighted by Crippen LogP contribution is 2.25. The maximum Gasteiger partial charge on any atom is 0.326 e. The molecule has 4 rings (SSSR count). The quantitative estimate of drug-likeness (QED) is 0.407. The second kappa shape index (κ2) is 11.3. The molecule has 0 N–H and O–H groups in total. The van der Waals surface area contributed by atoms with Crippen LogP contribution in [0.1, 0.15) is 62.4 Å². The number of thiazole rings is 1. The SMILES string of the molecule is CCOC(=O)Cn1c(=NC(=O)c2ccc(S(=O)(=O)N3CCCC(C)C3)cc2)sc2cc(C(C)C)ccc21. The number of hydrogen-bond acceptors (Lipinski definition) is 6. The molecule has 2 heterocycles. The van der Waals surface area contributed by atoms with Gasteiger partial charge in [0.15, 0.2) is 4.80 Å². The van der Waals surface area contributed by atoms with Crippen molar-refractivity contribution in [3.05, 3.63) is 58.4 Å². The van der Waals surface area contributed by atoms with Crippen molar-refractivity contribution in [2.45, 2.75) is 57.9 Å². The number of hydrogen-bond donors (Lipinski definition) is 0. The Morgan fingerprint density at radius 3 is 2.54 bits per heavy atom. The molecule has 0 aliphatic carbocycles. The molecule has 37 heavy (non-hydrogen) atoms. The van der Waals surface area contributed by atoms with Crippen LogP contribution in [0.15, 0.2) is 52.4 Å². The molecule has 0 bridgehead atoms. The third-order valence-electron chi connectivity index (χ3n) is 6.52. The molecule has 1 fully saturated rings. The summed E-state index contributed by atoms with van der Waals surface area (Å²) in [5.74, 6) is -0.271. The Morgan fingerprint density at radius 1 is 1.16 bits per heavy atom. The number of esters is 1. The molecule has 198 valence electrons. The monoisotopic (exact) mass is 543 g/mol. The first-order chi connectivity index (χ1) is 17.6. The van der Waals surface area contributed by atoms with Crippen molar-refractivity contribution in [3.8, 4) is 0 Å². The Morgan fingerprint density at radius 2 is 1.89 bits per heavy atom. The summed E-state index contributed by atoms with van der Waals surface area (Å²) in [5, 5.41) is 0. The van der Waals surface area contributed by atoms with Crippen molar-refractivity contribution in [2.24, 2.45) is 10.9 Å². The molecular weight excluding hydrogens is 510 g/mol. The molecule has 0 saturated carbocycles. The lowest BCUT2D eigenvalue weighted by atomic mass is 10.0. The van der Waals surface area contributed by atoms with Gasteiger partial charge in [0.05, 0.1) is 21.7 Å². The van der Waals surface area contributed by atoms with Gasteiger partial charge >= 0.3 is 5.97 Å². The first-order valence-electron chi connectivity index (χ1n) is 12.6. The maximum absolute atomic E-state index is 13.1. The van der Waals surface area contributed by atoms with Crippen molar-refractivity contribution in [1.29, 1.82) is 0 Å². The van der Waals surface area contributed by atoms with Crippen LogP contribution in [0.4, 0.5) is 0 Å². The molecule has 0 radical (unpaired) electrons. The fourth-order valence-corrected chi connectivity index (χ4v) is 7.13. The molecule has 1 aliphatic rings. The minimum atomic E-state index is -3.61. The van der Waals surface area contributed by atoms with Gasteiger partial charge in [-0.15, -0.1) is 0 Å². The van der Waals surface area contributed by atoms with Gasteiger partial charge in [-0.25, -0.2) is 8.42 Å². The fraction of sp³-hybridized carbons (Fsp3) is 0.444. The standard InChI is InChI=1S/C27H33N3O5S2/c1-5-35-25(31)17-30-23-13-10-21(18(2)3)15-24(23)36-27(30)28-26(32)20-8-11-22(12-9-20)37(33,34)29-14-6-7-19(4)16-29/h8-13,15,18-19H,5-7,14,16-17H2,1-4H3. The zero-order valence-corrected chi connectivity index (χ0v) is 23.3. The lowest BCUT2D eigenvalue weighted by molar-refractivity contribution is -0.143. The summed E-state index contributed by atoms with van der Waals surface area (Å²) in [4.78, 5) is 30.2. The van der Waals surface area contributed by atoms with E-state index in [1.807, 2.05) is 12.1 Å². The second-order valence-electron chi connectivity index (χ2n) is 9.71. The minimum Gasteiger partial charge on any atom is -0.465 e. The number of sulfonamides is 1. The largest absolute Gasteiger partial charge is 0.465 e. The van der Waals surface area contributed by atoms with Crippen molar-refractivity contribution in [1.82, 2.24) is 8.87 Å². The summed E-state index contributed by atoms with van der Waals surface area (Å²) in [6.45, 7) is 9.21. The van der Waals surface area contributed by atoms with E-state index in [2.05, 4.69) is 31.8 Å². The molecule has 1 aromatic heterocycles. The highest BCUT2D eigenvalue weighted by Gasteiger charge is 2.28. The summed E-state index contributed by atoms with van der Waals surface area (Å²) >= 11 is 1.33. The smallest absolute Gasteiger partial charge is 0.326 e. The number of amides is 1. The first kappa shape index (κ1) is 27.2. The van der Waals surface area contributed by atoms with E-state index in [-0.39, 0.29) is 23.6 Å². The number of piperidine rings is 1.